The number of amides is 2. The van der Waals surface area contributed by atoms with Gasteiger partial charge in [0.15, 0.2) is 11.5 Å². The molecule has 6 heteroatoms. The van der Waals surface area contributed by atoms with Gasteiger partial charge in [0.05, 0.1) is 25.5 Å². The van der Waals surface area contributed by atoms with Crippen molar-refractivity contribution in [2.75, 3.05) is 32.8 Å². The molecule has 0 bridgehead atoms. The largest absolute Gasteiger partial charge is 0.461 e. The van der Waals surface area contributed by atoms with Crippen molar-refractivity contribution in [3.8, 4) is 0 Å². The zero-order valence-corrected chi connectivity index (χ0v) is 12.6. The molecule has 0 aliphatic carbocycles. The summed E-state index contributed by atoms with van der Waals surface area (Å²) < 4.78 is 10.6. The summed E-state index contributed by atoms with van der Waals surface area (Å²) in [5.74, 6) is 0.226. The van der Waals surface area contributed by atoms with Gasteiger partial charge < -0.3 is 19.0 Å². The fourth-order valence-electron chi connectivity index (χ4n) is 2.50. The van der Waals surface area contributed by atoms with Gasteiger partial charge in [0.2, 0.25) is 0 Å². The lowest BCUT2D eigenvalue weighted by molar-refractivity contribution is 0.00289. The lowest BCUT2D eigenvalue weighted by Gasteiger charge is -2.38. The molecule has 0 aromatic carbocycles. The highest BCUT2D eigenvalue weighted by Crippen LogP contribution is 2.16. The van der Waals surface area contributed by atoms with E-state index in [-0.39, 0.29) is 24.3 Å². The quantitative estimate of drug-likeness (QED) is 0.779. The highest BCUT2D eigenvalue weighted by atomic mass is 16.5. The van der Waals surface area contributed by atoms with Crippen molar-refractivity contribution in [1.82, 2.24) is 9.80 Å². The molecule has 1 aromatic heterocycles. The van der Waals surface area contributed by atoms with Crippen molar-refractivity contribution in [2.24, 2.45) is 0 Å². The molecule has 6 nitrogen and oxygen atoms in total. The van der Waals surface area contributed by atoms with Gasteiger partial charge in [-0.2, -0.15) is 0 Å². The van der Waals surface area contributed by atoms with Gasteiger partial charge in [-0.3, -0.25) is 4.79 Å². The van der Waals surface area contributed by atoms with E-state index < -0.39 is 0 Å². The lowest BCUT2D eigenvalue weighted by Crippen LogP contribution is -2.54. The number of hydrogen-bond donors (Lipinski definition) is 0. The SMILES string of the molecule is CCN(CC)C(=O)N1CCOCC1CC(=O)c1ccco1. The summed E-state index contributed by atoms with van der Waals surface area (Å²) in [6.07, 6.45) is 1.70. The predicted octanol–water partition coefficient (Wildman–Crippen LogP) is 2.01. The third-order valence-corrected chi connectivity index (χ3v) is 3.72. The van der Waals surface area contributed by atoms with E-state index in [2.05, 4.69) is 0 Å². The van der Waals surface area contributed by atoms with Crippen LogP contribution < -0.4 is 0 Å². The molecular formula is C15H22N2O4. The van der Waals surface area contributed by atoms with Crippen LogP contribution in [-0.4, -0.2) is 60.5 Å². The summed E-state index contributed by atoms with van der Waals surface area (Å²) in [6.45, 7) is 6.64. The van der Waals surface area contributed by atoms with E-state index in [0.29, 0.717) is 38.6 Å². The summed E-state index contributed by atoms with van der Waals surface area (Å²) in [5.41, 5.74) is 0. The monoisotopic (exact) mass is 294 g/mol. The maximum absolute atomic E-state index is 12.5. The van der Waals surface area contributed by atoms with Gasteiger partial charge in [0.1, 0.15) is 0 Å². The number of ketones is 1. The average Bonchev–Trinajstić information content (AvgIpc) is 3.03. The van der Waals surface area contributed by atoms with Gasteiger partial charge in [-0.25, -0.2) is 4.79 Å². The predicted molar refractivity (Wildman–Crippen MR) is 77.3 cm³/mol. The molecule has 1 saturated heterocycles. The standard InChI is InChI=1S/C15H22N2O4/c1-3-16(4-2)15(19)17-7-9-20-11-12(17)10-13(18)14-6-5-8-21-14/h5-6,8,12H,3-4,7,9-11H2,1-2H3. The van der Waals surface area contributed by atoms with Crippen LogP contribution in [0.2, 0.25) is 0 Å². The van der Waals surface area contributed by atoms with Crippen LogP contribution in [0.3, 0.4) is 0 Å². The van der Waals surface area contributed by atoms with Crippen molar-refractivity contribution >= 4 is 11.8 Å². The van der Waals surface area contributed by atoms with Crippen LogP contribution in [0.1, 0.15) is 30.8 Å². The van der Waals surface area contributed by atoms with Crippen molar-refractivity contribution in [3.63, 3.8) is 0 Å². The minimum Gasteiger partial charge on any atom is -0.461 e. The fourth-order valence-corrected chi connectivity index (χ4v) is 2.50. The van der Waals surface area contributed by atoms with Crippen LogP contribution >= 0.6 is 0 Å². The maximum atomic E-state index is 12.5. The Hall–Kier alpha value is -1.82. The minimum absolute atomic E-state index is 0.0273. The van der Waals surface area contributed by atoms with E-state index >= 15 is 0 Å². The van der Waals surface area contributed by atoms with Crippen LogP contribution in [0.15, 0.2) is 22.8 Å². The molecule has 0 N–H and O–H groups in total. The van der Waals surface area contributed by atoms with E-state index in [0.717, 1.165) is 0 Å². The highest BCUT2D eigenvalue weighted by Gasteiger charge is 2.31. The van der Waals surface area contributed by atoms with Gasteiger partial charge in [0, 0.05) is 26.1 Å². The second kappa shape index (κ2) is 7.26. The zero-order chi connectivity index (χ0) is 15.2. The van der Waals surface area contributed by atoms with Gasteiger partial charge in [0.25, 0.3) is 0 Å². The second-order valence-electron chi connectivity index (χ2n) is 4.98. The molecule has 1 fully saturated rings. The zero-order valence-electron chi connectivity index (χ0n) is 12.6. The normalized spacial score (nSPS) is 18.6. The summed E-state index contributed by atoms with van der Waals surface area (Å²) in [4.78, 5) is 28.2. The summed E-state index contributed by atoms with van der Waals surface area (Å²) in [7, 11) is 0. The molecule has 1 aliphatic heterocycles. The number of carbonyl (C=O) groups is 2. The van der Waals surface area contributed by atoms with Crippen molar-refractivity contribution in [1.29, 1.82) is 0 Å². The minimum atomic E-state index is -0.232. The Morgan fingerprint density at radius 3 is 2.76 bits per heavy atom. The first-order valence-electron chi connectivity index (χ1n) is 7.37. The van der Waals surface area contributed by atoms with Crippen molar-refractivity contribution < 1.29 is 18.7 Å². The highest BCUT2D eigenvalue weighted by molar-refractivity contribution is 5.94. The molecule has 2 amide bonds. The van der Waals surface area contributed by atoms with Crippen LogP contribution in [0.4, 0.5) is 4.79 Å². The van der Waals surface area contributed by atoms with Gasteiger partial charge in [-0.05, 0) is 26.0 Å². The third kappa shape index (κ3) is 3.64. The first-order valence-corrected chi connectivity index (χ1v) is 7.37. The number of furan rings is 1. The molecule has 0 radical (unpaired) electrons. The summed E-state index contributed by atoms with van der Waals surface area (Å²) in [6, 6.07) is 3.07. The number of ether oxygens (including phenoxy) is 1. The number of rotatable bonds is 5. The number of carbonyl (C=O) groups excluding carboxylic acids is 2. The van der Waals surface area contributed by atoms with Crippen molar-refractivity contribution in [2.45, 2.75) is 26.3 Å². The number of hydrogen-bond acceptors (Lipinski definition) is 4. The van der Waals surface area contributed by atoms with Crippen LogP contribution in [0.5, 0.6) is 0 Å². The Balaban J connectivity index is 2.05. The van der Waals surface area contributed by atoms with E-state index in [4.69, 9.17) is 9.15 Å². The Morgan fingerprint density at radius 2 is 2.14 bits per heavy atom. The van der Waals surface area contributed by atoms with E-state index in [1.54, 1.807) is 21.9 Å². The van der Waals surface area contributed by atoms with E-state index in [9.17, 15) is 9.59 Å². The van der Waals surface area contributed by atoms with Crippen LogP contribution in [0, 0.1) is 0 Å². The average molecular weight is 294 g/mol. The fraction of sp³-hybridized carbons (Fsp3) is 0.600. The smallest absolute Gasteiger partial charge is 0.320 e. The van der Waals surface area contributed by atoms with Gasteiger partial charge in [-0.15, -0.1) is 0 Å². The topological polar surface area (TPSA) is 63.0 Å². The third-order valence-electron chi connectivity index (χ3n) is 3.72. The lowest BCUT2D eigenvalue weighted by atomic mass is 10.1. The number of morpholine rings is 1. The van der Waals surface area contributed by atoms with Gasteiger partial charge in [-0.1, -0.05) is 0 Å². The molecule has 2 heterocycles. The molecular weight excluding hydrogens is 272 g/mol. The van der Waals surface area contributed by atoms with E-state index in [1.165, 1.54) is 6.26 Å². The molecule has 1 aromatic rings. The molecule has 1 atom stereocenters. The van der Waals surface area contributed by atoms with E-state index in [1.807, 2.05) is 13.8 Å². The summed E-state index contributed by atoms with van der Waals surface area (Å²) >= 11 is 0. The molecule has 0 saturated carbocycles. The molecule has 1 unspecified atom stereocenters. The first kappa shape index (κ1) is 15.6. The first-order chi connectivity index (χ1) is 10.2. The number of urea groups is 1. The van der Waals surface area contributed by atoms with Gasteiger partial charge >= 0.3 is 6.03 Å². The molecule has 0 spiro atoms. The second-order valence-corrected chi connectivity index (χ2v) is 4.98. The number of Topliss-reactive ketones (excluding diaryl/α,β-unsaturated/α-hetero) is 1. The van der Waals surface area contributed by atoms with Crippen LogP contribution in [0.25, 0.3) is 0 Å². The Bertz CT molecular complexity index is 468. The number of nitrogens with zero attached hydrogens (tertiary/aromatic N) is 2. The molecule has 116 valence electrons. The summed E-state index contributed by atoms with van der Waals surface area (Å²) in [5, 5.41) is 0. The molecule has 21 heavy (non-hydrogen) atoms. The molecule has 1 aliphatic rings. The Labute approximate surface area is 124 Å². The van der Waals surface area contributed by atoms with Crippen molar-refractivity contribution in [3.05, 3.63) is 24.2 Å². The Kier molecular flexibility index (Phi) is 5.38. The van der Waals surface area contributed by atoms with Crippen LogP contribution in [-0.2, 0) is 4.74 Å². The maximum Gasteiger partial charge on any atom is 0.320 e. The Morgan fingerprint density at radius 1 is 1.38 bits per heavy atom. The molecule has 2 rings (SSSR count).